The van der Waals surface area contributed by atoms with Crippen molar-refractivity contribution < 1.29 is 8.94 Å². The number of nitrogens with one attached hydrogen (secondary N) is 1. The molecule has 3 aromatic rings. The molecular formula is C20H27N5O2. The van der Waals surface area contributed by atoms with Gasteiger partial charge in [-0.15, -0.1) is 0 Å². The van der Waals surface area contributed by atoms with Gasteiger partial charge in [-0.3, -0.25) is 4.99 Å². The van der Waals surface area contributed by atoms with Gasteiger partial charge in [0.2, 0.25) is 5.89 Å². The summed E-state index contributed by atoms with van der Waals surface area (Å²) in [5, 5.41) is 8.41. The van der Waals surface area contributed by atoms with Crippen LogP contribution in [-0.2, 0) is 13.0 Å². The Morgan fingerprint density at radius 3 is 2.81 bits per heavy atom. The number of fused-ring (bicyclic) bond motifs is 1. The summed E-state index contributed by atoms with van der Waals surface area (Å²) in [5.74, 6) is 3.35. The second kappa shape index (κ2) is 8.70. The Morgan fingerprint density at radius 1 is 1.30 bits per heavy atom. The van der Waals surface area contributed by atoms with E-state index in [0.29, 0.717) is 25.4 Å². The first-order valence-electron chi connectivity index (χ1n) is 9.36. The maximum Gasteiger partial charge on any atom is 0.228 e. The molecule has 0 aliphatic rings. The summed E-state index contributed by atoms with van der Waals surface area (Å²) in [7, 11) is 2.00. The topological polar surface area (TPSA) is 79.7 Å². The van der Waals surface area contributed by atoms with Gasteiger partial charge in [0.25, 0.3) is 0 Å². The largest absolute Gasteiger partial charge is 0.459 e. The van der Waals surface area contributed by atoms with Crippen LogP contribution in [0.1, 0.15) is 44.2 Å². The fourth-order valence-corrected chi connectivity index (χ4v) is 2.75. The maximum absolute atomic E-state index is 5.91. The highest BCUT2D eigenvalue weighted by molar-refractivity contribution is 5.80. The number of rotatable bonds is 7. The average Bonchev–Trinajstić information content (AvgIpc) is 3.27. The van der Waals surface area contributed by atoms with E-state index < -0.39 is 0 Å². The summed E-state index contributed by atoms with van der Waals surface area (Å²) < 4.78 is 11.2. The first-order chi connectivity index (χ1) is 13.1. The van der Waals surface area contributed by atoms with Crippen LogP contribution in [0.4, 0.5) is 0 Å². The Morgan fingerprint density at radius 2 is 2.11 bits per heavy atom. The highest BCUT2D eigenvalue weighted by Gasteiger charge is 2.12. The zero-order valence-electron chi connectivity index (χ0n) is 16.4. The SMILES string of the molecule is CCNC(=NCCc1nc(C(C)C)no1)N(C)Cc1cc2ccccc2o1. The Balaban J connectivity index is 1.62. The van der Waals surface area contributed by atoms with E-state index in [-0.39, 0.29) is 5.92 Å². The van der Waals surface area contributed by atoms with Gasteiger partial charge in [-0.05, 0) is 19.1 Å². The van der Waals surface area contributed by atoms with Crippen molar-refractivity contribution in [1.82, 2.24) is 20.4 Å². The molecule has 0 spiro atoms. The lowest BCUT2D eigenvalue weighted by Crippen LogP contribution is -2.38. The van der Waals surface area contributed by atoms with Gasteiger partial charge >= 0.3 is 0 Å². The molecule has 0 atom stereocenters. The molecule has 0 saturated heterocycles. The zero-order chi connectivity index (χ0) is 19.2. The van der Waals surface area contributed by atoms with Crippen LogP contribution in [0.2, 0.25) is 0 Å². The second-order valence-corrected chi connectivity index (χ2v) is 6.79. The van der Waals surface area contributed by atoms with Gasteiger partial charge in [0.15, 0.2) is 11.8 Å². The normalized spacial score (nSPS) is 12.1. The fraction of sp³-hybridized carbons (Fsp3) is 0.450. The second-order valence-electron chi connectivity index (χ2n) is 6.79. The number of hydrogen-bond donors (Lipinski definition) is 1. The Bertz CT molecular complexity index is 864. The summed E-state index contributed by atoms with van der Waals surface area (Å²) in [5.41, 5.74) is 0.903. The monoisotopic (exact) mass is 369 g/mol. The predicted octanol–water partition coefficient (Wildman–Crippen LogP) is 3.58. The van der Waals surface area contributed by atoms with Crippen LogP contribution >= 0.6 is 0 Å². The number of para-hydroxylation sites is 1. The first-order valence-corrected chi connectivity index (χ1v) is 9.36. The molecule has 0 aliphatic carbocycles. The minimum Gasteiger partial charge on any atom is -0.459 e. The minimum atomic E-state index is 0.262. The lowest BCUT2D eigenvalue weighted by atomic mass is 10.2. The van der Waals surface area contributed by atoms with Crippen molar-refractivity contribution in [2.75, 3.05) is 20.1 Å². The minimum absolute atomic E-state index is 0.262. The maximum atomic E-state index is 5.91. The molecule has 3 rings (SSSR count). The van der Waals surface area contributed by atoms with Gasteiger partial charge in [0.1, 0.15) is 11.3 Å². The fourth-order valence-electron chi connectivity index (χ4n) is 2.75. The molecule has 0 saturated carbocycles. The van der Waals surface area contributed by atoms with Crippen LogP contribution in [0, 0.1) is 0 Å². The van der Waals surface area contributed by atoms with Gasteiger partial charge in [-0.2, -0.15) is 4.98 Å². The molecule has 1 N–H and O–H groups in total. The molecule has 0 fully saturated rings. The average molecular weight is 369 g/mol. The molecule has 144 valence electrons. The molecule has 7 nitrogen and oxygen atoms in total. The summed E-state index contributed by atoms with van der Waals surface area (Å²) in [6.45, 7) is 8.15. The number of nitrogens with zero attached hydrogens (tertiary/aromatic N) is 4. The smallest absolute Gasteiger partial charge is 0.228 e. The molecule has 27 heavy (non-hydrogen) atoms. The predicted molar refractivity (Wildman–Crippen MR) is 106 cm³/mol. The van der Waals surface area contributed by atoms with Gasteiger partial charge < -0.3 is 19.2 Å². The van der Waals surface area contributed by atoms with Gasteiger partial charge in [-0.25, -0.2) is 0 Å². The Kier molecular flexibility index (Phi) is 6.11. The van der Waals surface area contributed by atoms with Gasteiger partial charge in [-0.1, -0.05) is 37.2 Å². The first kappa shape index (κ1) is 18.9. The van der Waals surface area contributed by atoms with Crippen LogP contribution in [0.25, 0.3) is 11.0 Å². The standard InChI is InChI=1S/C20H27N5O2/c1-5-21-20(22-11-10-18-23-19(14(2)3)24-27-18)25(4)13-16-12-15-8-6-7-9-17(15)26-16/h6-9,12,14H,5,10-11,13H2,1-4H3,(H,21,22). The van der Waals surface area contributed by atoms with Gasteiger partial charge in [0.05, 0.1) is 13.1 Å². The van der Waals surface area contributed by atoms with Crippen molar-refractivity contribution in [2.45, 2.75) is 39.7 Å². The van der Waals surface area contributed by atoms with E-state index in [1.807, 2.05) is 39.1 Å². The molecule has 0 aliphatic heterocycles. The zero-order valence-corrected chi connectivity index (χ0v) is 16.4. The lowest BCUT2D eigenvalue weighted by molar-refractivity contribution is 0.371. The van der Waals surface area contributed by atoms with E-state index >= 15 is 0 Å². The summed E-state index contributed by atoms with van der Waals surface area (Å²) in [6.07, 6.45) is 0.618. The highest BCUT2D eigenvalue weighted by atomic mass is 16.5. The molecule has 7 heteroatoms. The highest BCUT2D eigenvalue weighted by Crippen LogP contribution is 2.19. The van der Waals surface area contributed by atoms with E-state index in [1.54, 1.807) is 0 Å². The summed E-state index contributed by atoms with van der Waals surface area (Å²) in [4.78, 5) is 11.1. The molecular weight excluding hydrogens is 342 g/mol. The lowest BCUT2D eigenvalue weighted by Gasteiger charge is -2.20. The molecule has 2 heterocycles. The molecule has 0 unspecified atom stereocenters. The number of hydrogen-bond acceptors (Lipinski definition) is 5. The van der Waals surface area contributed by atoms with Crippen LogP contribution in [0.3, 0.4) is 0 Å². The van der Waals surface area contributed by atoms with Gasteiger partial charge in [0, 0.05) is 31.3 Å². The number of benzene rings is 1. The van der Waals surface area contributed by atoms with Crippen LogP contribution in [0.15, 0.2) is 44.3 Å². The van der Waals surface area contributed by atoms with Crippen molar-refractivity contribution in [3.8, 4) is 0 Å². The third-order valence-corrected chi connectivity index (χ3v) is 4.15. The Labute approximate surface area is 159 Å². The van der Waals surface area contributed by atoms with Crippen LogP contribution in [-0.4, -0.2) is 41.1 Å². The van der Waals surface area contributed by atoms with Crippen molar-refractivity contribution in [1.29, 1.82) is 0 Å². The summed E-state index contributed by atoms with van der Waals surface area (Å²) in [6, 6.07) is 10.1. The number of guanidine groups is 1. The van der Waals surface area contributed by atoms with E-state index in [0.717, 1.165) is 35.1 Å². The quantitative estimate of drug-likeness (QED) is 0.506. The molecule has 1 aromatic carbocycles. The summed E-state index contributed by atoms with van der Waals surface area (Å²) >= 11 is 0. The van der Waals surface area contributed by atoms with Crippen LogP contribution < -0.4 is 5.32 Å². The number of aliphatic imine (C=N–C) groups is 1. The van der Waals surface area contributed by atoms with Crippen molar-refractivity contribution in [3.63, 3.8) is 0 Å². The molecule has 0 amide bonds. The van der Waals surface area contributed by atoms with E-state index in [1.165, 1.54) is 0 Å². The molecule has 2 aromatic heterocycles. The number of furan rings is 1. The third-order valence-electron chi connectivity index (χ3n) is 4.15. The van der Waals surface area contributed by atoms with E-state index in [9.17, 15) is 0 Å². The van der Waals surface area contributed by atoms with Crippen molar-refractivity contribution in [3.05, 3.63) is 47.8 Å². The van der Waals surface area contributed by atoms with Crippen molar-refractivity contribution >= 4 is 16.9 Å². The van der Waals surface area contributed by atoms with Crippen molar-refractivity contribution in [2.24, 2.45) is 4.99 Å². The van der Waals surface area contributed by atoms with E-state index in [2.05, 4.69) is 44.4 Å². The number of aromatic nitrogens is 2. The van der Waals surface area contributed by atoms with Crippen LogP contribution in [0.5, 0.6) is 0 Å². The Hall–Kier alpha value is -2.83. The molecule has 0 radical (unpaired) electrons. The molecule has 0 bridgehead atoms. The van der Waals surface area contributed by atoms with E-state index in [4.69, 9.17) is 8.94 Å². The third kappa shape index (κ3) is 4.87.